The summed E-state index contributed by atoms with van der Waals surface area (Å²) < 4.78 is 1.05. The van der Waals surface area contributed by atoms with E-state index in [-0.39, 0.29) is 18.6 Å². The Morgan fingerprint density at radius 3 is 2.12 bits per heavy atom. The predicted molar refractivity (Wildman–Crippen MR) is 69.4 cm³/mol. The zero-order valence-electron chi connectivity index (χ0n) is 9.62. The summed E-state index contributed by atoms with van der Waals surface area (Å²) in [6.07, 6.45) is 2.54. The molecule has 0 bridgehead atoms. The highest BCUT2D eigenvalue weighted by Crippen LogP contribution is 2.28. The highest BCUT2D eigenvalue weighted by Gasteiger charge is 2.27. The van der Waals surface area contributed by atoms with E-state index in [0.717, 1.165) is 29.3 Å². The molecule has 0 aliphatic rings. The first-order valence-corrected chi connectivity index (χ1v) is 6.41. The number of aliphatic hydroxyl groups excluding tert-OH is 2. The van der Waals surface area contributed by atoms with Gasteiger partial charge in [0.2, 0.25) is 0 Å². The molecule has 0 radical (unpaired) electrons. The van der Waals surface area contributed by atoms with Crippen molar-refractivity contribution in [1.82, 2.24) is 0 Å². The van der Waals surface area contributed by atoms with Gasteiger partial charge in [-0.1, -0.05) is 41.4 Å². The molecule has 0 aliphatic carbocycles. The number of hydrogen-bond acceptors (Lipinski definition) is 2. The van der Waals surface area contributed by atoms with Crippen molar-refractivity contribution in [1.29, 1.82) is 0 Å². The fourth-order valence-corrected chi connectivity index (χ4v) is 2.24. The molecule has 0 atom stereocenters. The lowest BCUT2D eigenvalue weighted by Gasteiger charge is -2.29. The normalized spacial score (nSPS) is 11.8. The van der Waals surface area contributed by atoms with Gasteiger partial charge in [0.15, 0.2) is 0 Å². The lowest BCUT2D eigenvalue weighted by atomic mass is 9.79. The van der Waals surface area contributed by atoms with Gasteiger partial charge in [-0.15, -0.1) is 0 Å². The van der Waals surface area contributed by atoms with E-state index in [1.165, 1.54) is 0 Å². The Kier molecular flexibility index (Phi) is 5.46. The van der Waals surface area contributed by atoms with Crippen LogP contribution in [0.5, 0.6) is 0 Å². The minimum Gasteiger partial charge on any atom is -0.396 e. The van der Waals surface area contributed by atoms with Crippen molar-refractivity contribution in [3.63, 3.8) is 0 Å². The average molecular weight is 287 g/mol. The van der Waals surface area contributed by atoms with E-state index in [2.05, 4.69) is 22.9 Å². The second-order valence-corrected chi connectivity index (χ2v) is 5.29. The van der Waals surface area contributed by atoms with Gasteiger partial charge in [0, 0.05) is 9.89 Å². The zero-order chi connectivity index (χ0) is 12.0. The number of rotatable bonds is 6. The molecule has 0 heterocycles. The summed E-state index contributed by atoms with van der Waals surface area (Å²) in [6, 6.07) is 8.03. The van der Waals surface area contributed by atoms with Gasteiger partial charge in [-0.2, -0.15) is 0 Å². The first-order chi connectivity index (χ1) is 7.65. The first-order valence-electron chi connectivity index (χ1n) is 5.62. The van der Waals surface area contributed by atoms with E-state index in [1.807, 2.05) is 24.3 Å². The smallest absolute Gasteiger partial charge is 0.0512 e. The van der Waals surface area contributed by atoms with Crippen LogP contribution >= 0.6 is 15.9 Å². The fourth-order valence-electron chi connectivity index (χ4n) is 1.97. The lowest BCUT2D eigenvalue weighted by Crippen LogP contribution is -2.32. The molecule has 2 N–H and O–H groups in total. The molecule has 1 aromatic carbocycles. The van der Waals surface area contributed by atoms with E-state index in [0.29, 0.717) is 0 Å². The van der Waals surface area contributed by atoms with E-state index in [4.69, 9.17) is 0 Å². The third-order valence-electron chi connectivity index (χ3n) is 2.94. The second kappa shape index (κ2) is 6.38. The molecular formula is C13H19BrO2. The predicted octanol–water partition coefficient (Wildman–Crippen LogP) is 2.76. The Morgan fingerprint density at radius 2 is 1.69 bits per heavy atom. The largest absolute Gasteiger partial charge is 0.396 e. The van der Waals surface area contributed by atoms with Crippen LogP contribution in [-0.4, -0.2) is 23.4 Å². The van der Waals surface area contributed by atoms with Crippen molar-refractivity contribution in [2.75, 3.05) is 13.2 Å². The van der Waals surface area contributed by atoms with Crippen molar-refractivity contribution in [2.45, 2.75) is 26.2 Å². The molecular weight excluding hydrogens is 268 g/mol. The van der Waals surface area contributed by atoms with E-state index >= 15 is 0 Å². The fraction of sp³-hybridized carbons (Fsp3) is 0.538. The second-order valence-electron chi connectivity index (χ2n) is 4.37. The maximum Gasteiger partial charge on any atom is 0.0512 e. The molecule has 0 aromatic heterocycles. The Hall–Kier alpha value is -0.380. The van der Waals surface area contributed by atoms with Crippen LogP contribution in [0.25, 0.3) is 0 Å². The molecule has 0 saturated heterocycles. The Bertz CT molecular complexity index is 304. The Labute approximate surface area is 105 Å². The van der Waals surface area contributed by atoms with Gasteiger partial charge in [-0.25, -0.2) is 0 Å². The molecule has 0 spiro atoms. The summed E-state index contributed by atoms with van der Waals surface area (Å²) in [7, 11) is 0. The van der Waals surface area contributed by atoms with Gasteiger partial charge in [0.05, 0.1) is 13.2 Å². The van der Waals surface area contributed by atoms with Crippen LogP contribution < -0.4 is 0 Å². The number of hydrogen-bond donors (Lipinski definition) is 2. The van der Waals surface area contributed by atoms with Gasteiger partial charge in [-0.3, -0.25) is 0 Å². The molecule has 0 fully saturated rings. The summed E-state index contributed by atoms with van der Waals surface area (Å²) in [5.41, 5.74) is 0.780. The summed E-state index contributed by atoms with van der Waals surface area (Å²) in [5, 5.41) is 18.9. The Morgan fingerprint density at radius 1 is 1.12 bits per heavy atom. The average Bonchev–Trinajstić information content (AvgIpc) is 2.31. The minimum atomic E-state index is -0.372. The highest BCUT2D eigenvalue weighted by molar-refractivity contribution is 9.10. The summed E-state index contributed by atoms with van der Waals surface area (Å²) in [4.78, 5) is 0. The van der Waals surface area contributed by atoms with Crippen LogP contribution in [-0.2, 0) is 6.42 Å². The maximum absolute atomic E-state index is 9.45. The molecule has 3 heteroatoms. The van der Waals surface area contributed by atoms with Crippen molar-refractivity contribution in [2.24, 2.45) is 5.41 Å². The maximum atomic E-state index is 9.45. The van der Waals surface area contributed by atoms with Crippen LogP contribution in [0.3, 0.4) is 0 Å². The van der Waals surface area contributed by atoms with Crippen molar-refractivity contribution in [3.8, 4) is 0 Å². The standard InChI is InChI=1S/C13H19BrO2/c1-2-7-13(9-15,10-16)8-11-3-5-12(14)6-4-11/h3-6,15-16H,2,7-10H2,1H3. The molecule has 90 valence electrons. The molecule has 0 aliphatic heterocycles. The lowest BCUT2D eigenvalue weighted by molar-refractivity contribution is 0.0466. The van der Waals surface area contributed by atoms with Gasteiger partial charge >= 0.3 is 0 Å². The number of halogens is 1. The summed E-state index contributed by atoms with van der Waals surface area (Å²) in [6.45, 7) is 2.14. The number of aliphatic hydroxyl groups is 2. The molecule has 0 unspecified atom stereocenters. The topological polar surface area (TPSA) is 40.5 Å². The van der Waals surface area contributed by atoms with Crippen molar-refractivity contribution < 1.29 is 10.2 Å². The van der Waals surface area contributed by atoms with Gasteiger partial charge in [-0.05, 0) is 30.5 Å². The highest BCUT2D eigenvalue weighted by atomic mass is 79.9. The molecule has 1 rings (SSSR count). The summed E-state index contributed by atoms with van der Waals surface area (Å²) >= 11 is 3.39. The first kappa shape index (κ1) is 13.7. The van der Waals surface area contributed by atoms with Crippen molar-refractivity contribution >= 4 is 15.9 Å². The van der Waals surface area contributed by atoms with Gasteiger partial charge in [0.25, 0.3) is 0 Å². The third kappa shape index (κ3) is 3.58. The van der Waals surface area contributed by atoms with Crippen molar-refractivity contribution in [3.05, 3.63) is 34.3 Å². The van der Waals surface area contributed by atoms with E-state index in [1.54, 1.807) is 0 Å². The number of benzene rings is 1. The van der Waals surface area contributed by atoms with E-state index < -0.39 is 0 Å². The van der Waals surface area contributed by atoms with Gasteiger partial charge < -0.3 is 10.2 Å². The SMILES string of the molecule is CCCC(CO)(CO)Cc1ccc(Br)cc1. The Balaban J connectivity index is 2.78. The van der Waals surface area contributed by atoms with Gasteiger partial charge in [0.1, 0.15) is 0 Å². The zero-order valence-corrected chi connectivity index (χ0v) is 11.2. The molecule has 16 heavy (non-hydrogen) atoms. The molecule has 2 nitrogen and oxygen atoms in total. The molecule has 0 amide bonds. The molecule has 1 aromatic rings. The summed E-state index contributed by atoms with van der Waals surface area (Å²) in [5.74, 6) is 0. The molecule has 0 saturated carbocycles. The van der Waals surface area contributed by atoms with Crippen LogP contribution in [0.4, 0.5) is 0 Å². The third-order valence-corrected chi connectivity index (χ3v) is 3.47. The monoisotopic (exact) mass is 286 g/mol. The van der Waals surface area contributed by atoms with E-state index in [9.17, 15) is 10.2 Å². The minimum absolute atomic E-state index is 0.0351. The van der Waals surface area contributed by atoms with Crippen LogP contribution in [0.15, 0.2) is 28.7 Å². The van der Waals surface area contributed by atoms with Crippen LogP contribution in [0, 0.1) is 5.41 Å². The quantitative estimate of drug-likeness (QED) is 0.844. The van der Waals surface area contributed by atoms with Crippen LogP contribution in [0.1, 0.15) is 25.3 Å². The van der Waals surface area contributed by atoms with Crippen LogP contribution in [0.2, 0.25) is 0 Å².